The molecule has 37 heavy (non-hydrogen) atoms. The Labute approximate surface area is 218 Å². The maximum absolute atomic E-state index is 13.9. The molecule has 2 atom stereocenters. The third kappa shape index (κ3) is 4.78. The van der Waals surface area contributed by atoms with Gasteiger partial charge < -0.3 is 20.5 Å². The second-order valence-corrected chi connectivity index (χ2v) is 9.86. The summed E-state index contributed by atoms with van der Waals surface area (Å²) in [7, 11) is 2.78. The number of methoxy groups -OCH3 is 2. The molecule has 0 saturated carbocycles. The third-order valence-electron chi connectivity index (χ3n) is 6.30. The number of nitrogens with zero attached hydrogens (tertiary/aromatic N) is 2. The van der Waals surface area contributed by atoms with Gasteiger partial charge in [-0.25, -0.2) is 0 Å². The number of nitriles is 1. The van der Waals surface area contributed by atoms with Crippen LogP contribution in [-0.2, 0) is 19.1 Å². The summed E-state index contributed by atoms with van der Waals surface area (Å²) in [5.74, 6) is -1.83. The SMILES string of the molecule is COC(=O)C[C@H]1SC2=C(C(=O)Nc3ccc(C)cc3C)[C@H](c3ccc(OC)cc3)C(C#N)=C(N)N2C1=O. The normalized spacial score (nSPS) is 18.9. The first-order chi connectivity index (χ1) is 17.7. The van der Waals surface area contributed by atoms with E-state index in [2.05, 4.69) is 11.4 Å². The first kappa shape index (κ1) is 25.9. The minimum Gasteiger partial charge on any atom is -0.497 e. The van der Waals surface area contributed by atoms with Crippen molar-refractivity contribution in [2.45, 2.75) is 31.4 Å². The molecule has 2 aromatic rings. The molecular weight excluding hydrogens is 492 g/mol. The molecule has 10 heteroatoms. The van der Waals surface area contributed by atoms with Gasteiger partial charge in [0.1, 0.15) is 16.8 Å². The number of ether oxygens (including phenoxy) is 2. The molecule has 1 fully saturated rings. The van der Waals surface area contributed by atoms with Crippen molar-refractivity contribution < 1.29 is 23.9 Å². The van der Waals surface area contributed by atoms with Crippen molar-refractivity contribution in [3.05, 3.63) is 81.2 Å². The van der Waals surface area contributed by atoms with Crippen LogP contribution in [0, 0.1) is 25.2 Å². The molecule has 2 heterocycles. The maximum Gasteiger partial charge on any atom is 0.307 e. The van der Waals surface area contributed by atoms with Crippen molar-refractivity contribution in [1.29, 1.82) is 5.26 Å². The van der Waals surface area contributed by atoms with Gasteiger partial charge in [-0.15, -0.1) is 0 Å². The number of nitrogens with one attached hydrogen (secondary N) is 1. The van der Waals surface area contributed by atoms with Crippen molar-refractivity contribution in [3.63, 3.8) is 0 Å². The topological polar surface area (TPSA) is 135 Å². The van der Waals surface area contributed by atoms with E-state index in [9.17, 15) is 19.6 Å². The van der Waals surface area contributed by atoms with Crippen LogP contribution in [0.1, 0.15) is 29.0 Å². The average Bonchev–Trinajstić information content (AvgIpc) is 3.20. The number of allylic oxidation sites excluding steroid dienone is 1. The van der Waals surface area contributed by atoms with Gasteiger partial charge in [-0.05, 0) is 43.2 Å². The summed E-state index contributed by atoms with van der Waals surface area (Å²) in [5, 5.41) is 12.5. The predicted octanol–water partition coefficient (Wildman–Crippen LogP) is 3.46. The fraction of sp³-hybridized carbons (Fsp3) is 0.259. The molecule has 0 radical (unpaired) electrons. The lowest BCUT2D eigenvalue weighted by Gasteiger charge is -2.32. The van der Waals surface area contributed by atoms with Crippen molar-refractivity contribution in [1.82, 2.24) is 4.90 Å². The first-order valence-corrected chi connectivity index (χ1v) is 12.3. The molecule has 9 nitrogen and oxygen atoms in total. The zero-order valence-corrected chi connectivity index (χ0v) is 21.6. The Morgan fingerprint density at radius 3 is 2.46 bits per heavy atom. The largest absolute Gasteiger partial charge is 0.497 e. The van der Waals surface area contributed by atoms with Gasteiger partial charge in [-0.3, -0.25) is 19.3 Å². The number of carbonyl (C=O) groups is 3. The number of nitrogens with two attached hydrogens (primary N) is 1. The van der Waals surface area contributed by atoms with Crippen molar-refractivity contribution >= 4 is 35.2 Å². The van der Waals surface area contributed by atoms with Gasteiger partial charge in [0.05, 0.1) is 48.8 Å². The van der Waals surface area contributed by atoms with Crippen LogP contribution in [0.2, 0.25) is 0 Å². The summed E-state index contributed by atoms with van der Waals surface area (Å²) in [4.78, 5) is 40.4. The summed E-state index contributed by atoms with van der Waals surface area (Å²) in [6.45, 7) is 3.84. The van der Waals surface area contributed by atoms with Crippen molar-refractivity contribution in [2.24, 2.45) is 5.73 Å². The Bertz CT molecular complexity index is 1390. The molecule has 0 aliphatic carbocycles. The zero-order chi connectivity index (χ0) is 26.9. The minimum absolute atomic E-state index is 0.0624. The van der Waals surface area contributed by atoms with Gasteiger partial charge in [0.15, 0.2) is 0 Å². The lowest BCUT2D eigenvalue weighted by atomic mass is 9.82. The Balaban J connectivity index is 1.88. The molecule has 1 saturated heterocycles. The van der Waals surface area contributed by atoms with Crippen LogP contribution >= 0.6 is 11.8 Å². The number of benzene rings is 2. The van der Waals surface area contributed by atoms with Gasteiger partial charge in [0.25, 0.3) is 5.91 Å². The van der Waals surface area contributed by atoms with Crippen LogP contribution in [0.25, 0.3) is 0 Å². The van der Waals surface area contributed by atoms with E-state index in [-0.39, 0.29) is 23.4 Å². The van der Waals surface area contributed by atoms with Crippen LogP contribution in [0.4, 0.5) is 5.69 Å². The van der Waals surface area contributed by atoms with E-state index in [0.29, 0.717) is 22.0 Å². The van der Waals surface area contributed by atoms with Crippen LogP contribution in [-0.4, -0.2) is 42.2 Å². The van der Waals surface area contributed by atoms with Crippen molar-refractivity contribution in [2.75, 3.05) is 19.5 Å². The van der Waals surface area contributed by atoms with E-state index >= 15 is 0 Å². The Kier molecular flexibility index (Phi) is 7.27. The highest BCUT2D eigenvalue weighted by atomic mass is 32.2. The highest BCUT2D eigenvalue weighted by Crippen LogP contribution is 2.50. The molecule has 2 aromatic carbocycles. The molecule has 0 unspecified atom stereocenters. The summed E-state index contributed by atoms with van der Waals surface area (Å²) >= 11 is 1.07. The second-order valence-electron chi connectivity index (χ2n) is 8.67. The van der Waals surface area contributed by atoms with E-state index < -0.39 is 29.0 Å². The fourth-order valence-electron chi connectivity index (χ4n) is 4.42. The number of carbonyl (C=O) groups excluding carboxylic acids is 3. The van der Waals surface area contributed by atoms with E-state index in [4.69, 9.17) is 15.2 Å². The fourth-order valence-corrected chi connectivity index (χ4v) is 5.74. The van der Waals surface area contributed by atoms with Gasteiger partial charge in [0, 0.05) is 5.69 Å². The lowest BCUT2D eigenvalue weighted by Crippen LogP contribution is -2.39. The van der Waals surface area contributed by atoms with E-state index in [1.54, 1.807) is 37.4 Å². The summed E-state index contributed by atoms with van der Waals surface area (Å²) in [6, 6.07) is 14.7. The quantitative estimate of drug-likeness (QED) is 0.555. The molecular formula is C27H26N4O5S. The molecule has 3 N–H and O–H groups in total. The number of hydrogen-bond donors (Lipinski definition) is 2. The number of thioether (sulfide) groups is 1. The van der Waals surface area contributed by atoms with Crippen LogP contribution in [0.3, 0.4) is 0 Å². The average molecular weight is 519 g/mol. The van der Waals surface area contributed by atoms with Gasteiger partial charge in [-0.1, -0.05) is 41.6 Å². The Hall–Kier alpha value is -4.23. The molecule has 0 bridgehead atoms. The third-order valence-corrected chi connectivity index (χ3v) is 7.58. The van der Waals surface area contributed by atoms with E-state index in [1.165, 1.54) is 12.0 Å². The molecule has 4 rings (SSSR count). The monoisotopic (exact) mass is 518 g/mol. The molecule has 190 valence electrons. The summed E-state index contributed by atoms with van der Waals surface area (Å²) in [6.07, 6.45) is -0.200. The number of amides is 2. The summed E-state index contributed by atoms with van der Waals surface area (Å²) < 4.78 is 10.0. The number of hydrogen-bond acceptors (Lipinski definition) is 8. The van der Waals surface area contributed by atoms with Gasteiger partial charge >= 0.3 is 5.97 Å². The number of esters is 1. The number of anilines is 1. The lowest BCUT2D eigenvalue weighted by molar-refractivity contribution is -0.142. The standard InChI is InChI=1S/C27H26N4O5S/c1-14-5-10-19(15(2)11-14)30-25(33)23-22(16-6-8-17(35-3)9-7-16)18(13-28)24(29)31-26(34)20(37-27(23)31)12-21(32)36-4/h5-11,20,22H,12,29H2,1-4H3,(H,30,33)/t20-,22-/m1/s1. The molecule has 2 aliphatic heterocycles. The summed E-state index contributed by atoms with van der Waals surface area (Å²) in [5.41, 5.74) is 9.77. The Morgan fingerprint density at radius 2 is 1.86 bits per heavy atom. The first-order valence-electron chi connectivity index (χ1n) is 11.4. The molecule has 0 aromatic heterocycles. The number of aryl methyl sites for hydroxylation is 2. The molecule has 0 spiro atoms. The highest BCUT2D eigenvalue weighted by Gasteiger charge is 2.48. The maximum atomic E-state index is 13.9. The van der Waals surface area contributed by atoms with E-state index in [1.807, 2.05) is 26.0 Å². The molecule has 2 aliphatic rings. The van der Waals surface area contributed by atoms with Crippen LogP contribution in [0.5, 0.6) is 5.75 Å². The van der Waals surface area contributed by atoms with Crippen molar-refractivity contribution in [3.8, 4) is 11.8 Å². The molecule has 2 amide bonds. The van der Waals surface area contributed by atoms with Crippen LogP contribution in [0.15, 0.2) is 64.5 Å². The highest BCUT2D eigenvalue weighted by molar-refractivity contribution is 8.04. The van der Waals surface area contributed by atoms with Crippen LogP contribution < -0.4 is 15.8 Å². The minimum atomic E-state index is -0.848. The number of rotatable bonds is 6. The zero-order valence-electron chi connectivity index (χ0n) is 20.8. The van der Waals surface area contributed by atoms with Gasteiger partial charge in [0.2, 0.25) is 5.91 Å². The predicted molar refractivity (Wildman–Crippen MR) is 139 cm³/mol. The number of fused-ring (bicyclic) bond motifs is 1. The van der Waals surface area contributed by atoms with Gasteiger partial charge in [-0.2, -0.15) is 5.26 Å². The van der Waals surface area contributed by atoms with E-state index in [0.717, 1.165) is 22.9 Å². The Morgan fingerprint density at radius 1 is 1.16 bits per heavy atom. The smallest absolute Gasteiger partial charge is 0.307 e. The second kappa shape index (κ2) is 10.4.